The molecule has 0 amide bonds. The summed E-state index contributed by atoms with van der Waals surface area (Å²) in [5.41, 5.74) is 8.22. The predicted octanol–water partition coefficient (Wildman–Crippen LogP) is 3.30. The van der Waals surface area contributed by atoms with Crippen molar-refractivity contribution in [3.63, 3.8) is 0 Å². The van der Waals surface area contributed by atoms with E-state index in [2.05, 4.69) is 4.98 Å². The fourth-order valence-corrected chi connectivity index (χ4v) is 1.95. The van der Waals surface area contributed by atoms with Gasteiger partial charge in [0.1, 0.15) is 17.0 Å². The maximum atomic E-state index is 13.1. The number of nitrogen functional groups attached to an aromatic ring is 1. The van der Waals surface area contributed by atoms with Crippen LogP contribution in [0, 0.1) is 24.1 Å². The molecule has 2 rings (SSSR count). The second-order valence-corrected chi connectivity index (χ2v) is 4.21. The second kappa shape index (κ2) is 4.63. The van der Waals surface area contributed by atoms with E-state index in [0.29, 0.717) is 11.1 Å². The van der Waals surface area contributed by atoms with Crippen LogP contribution in [0.3, 0.4) is 0 Å². The molecule has 0 aliphatic carbocycles. The summed E-state index contributed by atoms with van der Waals surface area (Å²) >= 11 is 5.84. The first kappa shape index (κ1) is 12.3. The molecule has 0 spiro atoms. The number of nitrogens with two attached hydrogens (primary N) is 1. The molecular formula is C13H9ClFN3. The second-order valence-electron chi connectivity index (χ2n) is 3.83. The minimum atomic E-state index is -0.324. The molecule has 3 nitrogen and oxygen atoms in total. The highest BCUT2D eigenvalue weighted by molar-refractivity contribution is 6.29. The number of aromatic nitrogens is 1. The summed E-state index contributed by atoms with van der Waals surface area (Å²) in [6.07, 6.45) is 0. The van der Waals surface area contributed by atoms with Crippen LogP contribution in [0.4, 0.5) is 10.1 Å². The van der Waals surface area contributed by atoms with Crippen LogP contribution in [0.5, 0.6) is 0 Å². The van der Waals surface area contributed by atoms with Crippen molar-refractivity contribution in [1.29, 1.82) is 5.26 Å². The van der Waals surface area contributed by atoms with Crippen molar-refractivity contribution in [2.45, 2.75) is 6.92 Å². The molecule has 0 fully saturated rings. The Labute approximate surface area is 109 Å². The Hall–Kier alpha value is -2.12. The van der Waals surface area contributed by atoms with Crippen molar-refractivity contribution in [3.8, 4) is 17.2 Å². The van der Waals surface area contributed by atoms with E-state index in [1.807, 2.05) is 6.07 Å². The van der Waals surface area contributed by atoms with Gasteiger partial charge in [-0.25, -0.2) is 9.37 Å². The SMILES string of the molecule is Cc1cc(F)ccc1-c1cc(Cl)nc(C#N)c1N. The Morgan fingerprint density at radius 2 is 2.06 bits per heavy atom. The van der Waals surface area contributed by atoms with Crippen molar-refractivity contribution in [1.82, 2.24) is 4.98 Å². The van der Waals surface area contributed by atoms with Crippen LogP contribution < -0.4 is 5.73 Å². The minimum Gasteiger partial charge on any atom is -0.396 e. The lowest BCUT2D eigenvalue weighted by Crippen LogP contribution is -1.99. The summed E-state index contributed by atoms with van der Waals surface area (Å²) in [7, 11) is 0. The Morgan fingerprint density at radius 1 is 1.33 bits per heavy atom. The molecule has 0 atom stereocenters. The Kier molecular flexibility index (Phi) is 3.17. The van der Waals surface area contributed by atoms with E-state index in [0.717, 1.165) is 5.56 Å². The molecule has 2 aromatic rings. The van der Waals surface area contributed by atoms with Crippen LogP contribution in [0.15, 0.2) is 24.3 Å². The van der Waals surface area contributed by atoms with Crippen LogP contribution in [0.2, 0.25) is 5.15 Å². The normalized spacial score (nSPS) is 10.1. The highest BCUT2D eigenvalue weighted by atomic mass is 35.5. The zero-order valence-electron chi connectivity index (χ0n) is 9.54. The standard InChI is InChI=1S/C13H9ClFN3/c1-7-4-8(15)2-3-9(7)10-5-12(14)18-11(6-16)13(10)17/h2-5H,17H2,1H3. The maximum Gasteiger partial charge on any atom is 0.165 e. The zero-order valence-corrected chi connectivity index (χ0v) is 10.3. The molecule has 1 aromatic carbocycles. The molecule has 0 bridgehead atoms. The fourth-order valence-electron chi connectivity index (χ4n) is 1.76. The largest absolute Gasteiger partial charge is 0.396 e. The summed E-state index contributed by atoms with van der Waals surface area (Å²) in [6.45, 7) is 1.76. The van der Waals surface area contributed by atoms with Gasteiger partial charge in [-0.1, -0.05) is 17.7 Å². The first-order valence-electron chi connectivity index (χ1n) is 5.15. The number of anilines is 1. The van der Waals surface area contributed by atoms with Gasteiger partial charge in [-0.3, -0.25) is 0 Å². The zero-order chi connectivity index (χ0) is 13.3. The van der Waals surface area contributed by atoms with Gasteiger partial charge in [0.2, 0.25) is 0 Å². The highest BCUT2D eigenvalue weighted by Gasteiger charge is 2.12. The third-order valence-corrected chi connectivity index (χ3v) is 2.81. The average molecular weight is 262 g/mol. The minimum absolute atomic E-state index is 0.0706. The molecule has 0 unspecified atom stereocenters. The number of rotatable bonds is 1. The fraction of sp³-hybridized carbons (Fsp3) is 0.0769. The van der Waals surface area contributed by atoms with Gasteiger partial charge in [0.15, 0.2) is 5.69 Å². The number of pyridine rings is 1. The van der Waals surface area contributed by atoms with Crippen LogP contribution in [0.1, 0.15) is 11.3 Å². The average Bonchev–Trinajstić information content (AvgIpc) is 2.32. The maximum absolute atomic E-state index is 13.1. The highest BCUT2D eigenvalue weighted by Crippen LogP contribution is 2.32. The molecule has 1 aromatic heterocycles. The molecule has 1 heterocycles. The van der Waals surface area contributed by atoms with Gasteiger partial charge in [-0.05, 0) is 36.2 Å². The van der Waals surface area contributed by atoms with E-state index in [4.69, 9.17) is 22.6 Å². The molecule has 0 radical (unpaired) electrons. The van der Waals surface area contributed by atoms with Gasteiger partial charge in [0.05, 0.1) is 5.69 Å². The summed E-state index contributed by atoms with van der Waals surface area (Å²) in [4.78, 5) is 3.83. The molecule has 0 aliphatic rings. The quantitative estimate of drug-likeness (QED) is 0.801. The topological polar surface area (TPSA) is 62.7 Å². The molecule has 90 valence electrons. The van der Waals surface area contributed by atoms with Crippen molar-refractivity contribution in [2.75, 3.05) is 5.73 Å². The van der Waals surface area contributed by atoms with Crippen LogP contribution in [-0.4, -0.2) is 4.98 Å². The molecule has 2 N–H and O–H groups in total. The summed E-state index contributed by atoms with van der Waals surface area (Å²) in [5, 5.41) is 9.10. The molecule has 0 saturated carbocycles. The molecular weight excluding hydrogens is 253 g/mol. The van der Waals surface area contributed by atoms with Crippen LogP contribution >= 0.6 is 11.6 Å². The lowest BCUT2D eigenvalue weighted by atomic mass is 9.99. The van der Waals surface area contributed by atoms with E-state index >= 15 is 0 Å². The van der Waals surface area contributed by atoms with E-state index in [1.54, 1.807) is 19.1 Å². The Bertz CT molecular complexity index is 662. The van der Waals surface area contributed by atoms with E-state index in [-0.39, 0.29) is 22.4 Å². The smallest absolute Gasteiger partial charge is 0.165 e. The third-order valence-electron chi connectivity index (χ3n) is 2.61. The lowest BCUT2D eigenvalue weighted by molar-refractivity contribution is 0.627. The Morgan fingerprint density at radius 3 is 2.67 bits per heavy atom. The summed E-state index contributed by atoms with van der Waals surface area (Å²) in [6, 6.07) is 7.79. The Balaban J connectivity index is 2.72. The van der Waals surface area contributed by atoms with Crippen molar-refractivity contribution >= 4 is 17.3 Å². The van der Waals surface area contributed by atoms with Crippen molar-refractivity contribution < 1.29 is 4.39 Å². The predicted molar refractivity (Wildman–Crippen MR) is 68.5 cm³/mol. The van der Waals surface area contributed by atoms with E-state index < -0.39 is 0 Å². The number of nitriles is 1. The number of hydrogen-bond acceptors (Lipinski definition) is 3. The lowest BCUT2D eigenvalue weighted by Gasteiger charge is -2.10. The van der Waals surface area contributed by atoms with Gasteiger partial charge < -0.3 is 5.73 Å². The number of halogens is 2. The molecule has 0 aliphatic heterocycles. The van der Waals surface area contributed by atoms with Crippen molar-refractivity contribution in [3.05, 3.63) is 46.5 Å². The number of aryl methyl sites for hydroxylation is 1. The van der Waals surface area contributed by atoms with Crippen molar-refractivity contribution in [2.24, 2.45) is 0 Å². The monoisotopic (exact) mass is 261 g/mol. The number of hydrogen-bond donors (Lipinski definition) is 1. The van der Waals surface area contributed by atoms with Gasteiger partial charge >= 0.3 is 0 Å². The summed E-state index contributed by atoms with van der Waals surface area (Å²) < 4.78 is 13.1. The number of nitrogens with zero attached hydrogens (tertiary/aromatic N) is 2. The van der Waals surface area contributed by atoms with Crippen LogP contribution in [-0.2, 0) is 0 Å². The van der Waals surface area contributed by atoms with Gasteiger partial charge in [-0.2, -0.15) is 5.26 Å². The van der Waals surface area contributed by atoms with Gasteiger partial charge in [0, 0.05) is 5.56 Å². The molecule has 5 heteroatoms. The molecule has 18 heavy (non-hydrogen) atoms. The van der Waals surface area contributed by atoms with Crippen LogP contribution in [0.25, 0.3) is 11.1 Å². The van der Waals surface area contributed by atoms with Gasteiger partial charge in [0.25, 0.3) is 0 Å². The summed E-state index contributed by atoms with van der Waals surface area (Å²) in [5.74, 6) is -0.324. The van der Waals surface area contributed by atoms with Gasteiger partial charge in [-0.15, -0.1) is 0 Å². The number of benzene rings is 1. The third kappa shape index (κ3) is 2.13. The molecule has 0 saturated heterocycles. The first-order valence-corrected chi connectivity index (χ1v) is 5.53. The first-order chi connectivity index (χ1) is 8.52. The van der Waals surface area contributed by atoms with E-state index in [9.17, 15) is 4.39 Å². The van der Waals surface area contributed by atoms with E-state index in [1.165, 1.54) is 12.1 Å².